The fraction of sp³-hybridized carbons (Fsp3) is 0.491. The normalized spacial score (nSPS) is 16.3. The minimum Gasteiger partial charge on any atom is -0.389 e. The number of anilines is 1. The van der Waals surface area contributed by atoms with Gasteiger partial charge in [-0.05, 0) is 72.9 Å². The summed E-state index contributed by atoms with van der Waals surface area (Å²) >= 11 is 6.80. The van der Waals surface area contributed by atoms with E-state index in [0.717, 1.165) is 49.3 Å². The fourth-order valence-corrected chi connectivity index (χ4v) is 10.3. The zero-order chi connectivity index (χ0) is 52.8. The summed E-state index contributed by atoms with van der Waals surface area (Å²) in [6.45, 7) is 10.6. The molecule has 398 valence electrons. The molecule has 0 bridgehead atoms. The first kappa shape index (κ1) is 56.0. The van der Waals surface area contributed by atoms with Gasteiger partial charge >= 0.3 is 0 Å². The summed E-state index contributed by atoms with van der Waals surface area (Å²) in [6, 6.07) is 19.7. The number of aryl methyl sites for hydroxylation is 1. The zero-order valence-corrected chi connectivity index (χ0v) is 44.4. The maximum absolute atomic E-state index is 14.1. The predicted molar refractivity (Wildman–Crippen MR) is 287 cm³/mol. The molecule has 0 spiro atoms. The van der Waals surface area contributed by atoms with E-state index in [1.807, 2.05) is 106 Å². The SMILES string of the molecule is Cc1ncsc1-c1ccc(CNC(=O)[C@@H]2CCCN2C(=O)[C@@H](NC(=O)CCOCCOCCOCCOCCC(=O)Nc2ccc3c(-c4cccc(C(N)=S)c4)cn(C4CCC(F)(F)CC4)c3c2)C(C)(C)C)cc1. The van der Waals surface area contributed by atoms with Gasteiger partial charge < -0.3 is 50.1 Å². The standard InChI is InChI=1S/C55H69F2N7O8S2/c1-36-49(74-35-60-36)38-12-10-37(11-13-38)33-59-52(67)45-9-6-22-63(45)53(68)50(54(2,3)4)62-48(66)19-24-70-26-28-72-30-29-71-27-25-69-23-18-47(65)61-41-14-15-43-44(39-7-5-8-40(31-39)51(58)73)34-64(46(43)32-41)42-16-20-55(56,57)21-17-42/h5,7-8,10-15,31-32,34-35,42,45,50H,6,9,16-30,33H2,1-4H3,(H2,58,73)(H,59,67)(H,61,65)(H,62,66)/t45-,50+/m0/s1. The Hall–Kier alpha value is -5.70. The molecule has 19 heteroatoms. The number of nitrogens with two attached hydrogens (primary N) is 1. The lowest BCUT2D eigenvalue weighted by molar-refractivity contribution is -0.144. The highest BCUT2D eigenvalue weighted by Crippen LogP contribution is 2.42. The number of thiazole rings is 1. The quantitative estimate of drug-likeness (QED) is 0.0323. The van der Waals surface area contributed by atoms with Crippen LogP contribution < -0.4 is 21.7 Å². The van der Waals surface area contributed by atoms with Gasteiger partial charge in [-0.2, -0.15) is 0 Å². The number of likely N-dealkylation sites (tertiary alicyclic amines) is 1. The number of fused-ring (bicyclic) bond motifs is 1. The maximum atomic E-state index is 14.1. The summed E-state index contributed by atoms with van der Waals surface area (Å²) in [5.41, 5.74) is 14.1. The lowest BCUT2D eigenvalue weighted by atomic mass is 9.85. The van der Waals surface area contributed by atoms with E-state index in [4.69, 9.17) is 36.9 Å². The molecule has 0 unspecified atom stereocenters. The van der Waals surface area contributed by atoms with Gasteiger partial charge in [0.25, 0.3) is 0 Å². The second kappa shape index (κ2) is 26.2. The first-order valence-corrected chi connectivity index (χ1v) is 26.7. The van der Waals surface area contributed by atoms with Crippen molar-refractivity contribution in [2.24, 2.45) is 11.1 Å². The number of hydrogen-bond donors (Lipinski definition) is 4. The van der Waals surface area contributed by atoms with Crippen LogP contribution in [0.1, 0.15) is 95.0 Å². The molecular formula is C55H69F2N7O8S2. The second-order valence-corrected chi connectivity index (χ2v) is 21.2. The molecule has 7 rings (SSSR count). The fourth-order valence-electron chi connectivity index (χ4n) is 9.33. The molecule has 2 aromatic heterocycles. The Kier molecular flexibility index (Phi) is 19.8. The lowest BCUT2D eigenvalue weighted by Crippen LogP contribution is -2.57. The Morgan fingerprint density at radius 2 is 1.50 bits per heavy atom. The van der Waals surface area contributed by atoms with Gasteiger partial charge in [-0.15, -0.1) is 11.3 Å². The number of nitrogens with zero attached hydrogens (tertiary/aromatic N) is 3. The molecule has 3 heterocycles. The van der Waals surface area contributed by atoms with Gasteiger partial charge in [0.1, 0.15) is 17.1 Å². The van der Waals surface area contributed by atoms with Gasteiger partial charge in [-0.25, -0.2) is 13.8 Å². The van der Waals surface area contributed by atoms with Crippen LogP contribution in [-0.2, 0) is 44.7 Å². The third-order valence-electron chi connectivity index (χ3n) is 13.4. The van der Waals surface area contributed by atoms with Crippen molar-refractivity contribution in [3.05, 3.63) is 95.3 Å². The maximum Gasteiger partial charge on any atom is 0.248 e. The molecule has 15 nitrogen and oxygen atoms in total. The Balaban J connectivity index is 0.741. The van der Waals surface area contributed by atoms with E-state index >= 15 is 0 Å². The van der Waals surface area contributed by atoms with Gasteiger partial charge in [0.2, 0.25) is 29.6 Å². The number of ether oxygens (including phenoxy) is 4. The molecule has 1 saturated heterocycles. The molecule has 4 amide bonds. The molecule has 2 fully saturated rings. The highest BCUT2D eigenvalue weighted by atomic mass is 32.1. The van der Waals surface area contributed by atoms with Crippen molar-refractivity contribution in [3.8, 4) is 21.6 Å². The molecule has 5 aromatic rings. The van der Waals surface area contributed by atoms with E-state index in [2.05, 4.69) is 25.5 Å². The molecule has 0 radical (unpaired) electrons. The van der Waals surface area contributed by atoms with E-state index in [-0.39, 0.29) is 86.8 Å². The van der Waals surface area contributed by atoms with Crippen LogP contribution in [0.15, 0.2) is 78.4 Å². The van der Waals surface area contributed by atoms with E-state index in [9.17, 15) is 28.0 Å². The summed E-state index contributed by atoms with van der Waals surface area (Å²) in [4.78, 5) is 60.6. The van der Waals surface area contributed by atoms with Crippen molar-refractivity contribution in [2.75, 3.05) is 64.7 Å². The monoisotopic (exact) mass is 1060 g/mol. The van der Waals surface area contributed by atoms with Gasteiger partial charge in [0, 0.05) is 66.8 Å². The Morgan fingerprint density at radius 3 is 2.12 bits per heavy atom. The molecule has 1 saturated carbocycles. The zero-order valence-electron chi connectivity index (χ0n) is 42.7. The summed E-state index contributed by atoms with van der Waals surface area (Å²) < 4.78 is 52.8. The van der Waals surface area contributed by atoms with E-state index in [1.54, 1.807) is 16.2 Å². The number of benzene rings is 3. The number of rotatable bonds is 25. The number of carbonyl (C=O) groups is 4. The van der Waals surface area contributed by atoms with E-state index < -0.39 is 23.4 Å². The third kappa shape index (κ3) is 15.4. The Morgan fingerprint density at radius 1 is 0.851 bits per heavy atom. The molecule has 74 heavy (non-hydrogen) atoms. The van der Waals surface area contributed by atoms with E-state index in [0.29, 0.717) is 70.9 Å². The molecular weight excluding hydrogens is 989 g/mol. The topological polar surface area (TPSA) is 188 Å². The average Bonchev–Trinajstić information content (AvgIpc) is 4.14. The number of alkyl halides is 2. The van der Waals surface area contributed by atoms with Crippen molar-refractivity contribution in [2.45, 2.75) is 110 Å². The van der Waals surface area contributed by atoms with Crippen molar-refractivity contribution in [1.82, 2.24) is 25.1 Å². The van der Waals surface area contributed by atoms with Crippen molar-refractivity contribution in [3.63, 3.8) is 0 Å². The largest absolute Gasteiger partial charge is 0.389 e. The summed E-state index contributed by atoms with van der Waals surface area (Å²) in [5.74, 6) is -3.70. The smallest absolute Gasteiger partial charge is 0.248 e. The Bertz CT molecular complexity index is 2710. The second-order valence-electron chi connectivity index (χ2n) is 19.9. The van der Waals surface area contributed by atoms with Crippen molar-refractivity contribution >= 4 is 68.8 Å². The lowest BCUT2D eigenvalue weighted by Gasteiger charge is -2.35. The molecule has 2 aliphatic rings. The first-order valence-electron chi connectivity index (χ1n) is 25.4. The molecule has 2 atom stereocenters. The highest BCUT2D eigenvalue weighted by Gasteiger charge is 2.42. The minimum atomic E-state index is -2.66. The molecule has 5 N–H and O–H groups in total. The van der Waals surface area contributed by atoms with Crippen LogP contribution in [-0.4, -0.2) is 120 Å². The van der Waals surface area contributed by atoms with Crippen LogP contribution in [0.5, 0.6) is 0 Å². The predicted octanol–water partition coefficient (Wildman–Crippen LogP) is 8.75. The third-order valence-corrected chi connectivity index (χ3v) is 14.6. The summed E-state index contributed by atoms with van der Waals surface area (Å²) in [7, 11) is 0. The highest BCUT2D eigenvalue weighted by molar-refractivity contribution is 7.80. The van der Waals surface area contributed by atoms with Crippen LogP contribution in [0, 0.1) is 12.3 Å². The van der Waals surface area contributed by atoms with Crippen LogP contribution in [0.3, 0.4) is 0 Å². The van der Waals surface area contributed by atoms with Crippen LogP contribution in [0.2, 0.25) is 0 Å². The number of nitrogens with one attached hydrogen (secondary N) is 3. The summed E-state index contributed by atoms with van der Waals surface area (Å²) in [5, 5.41) is 9.80. The number of hydrogen-bond acceptors (Lipinski definition) is 11. The first-order chi connectivity index (χ1) is 35.5. The number of carbonyl (C=O) groups excluding carboxylic acids is 4. The van der Waals surface area contributed by atoms with Crippen molar-refractivity contribution in [1.29, 1.82) is 0 Å². The van der Waals surface area contributed by atoms with Gasteiger partial charge in [-0.3, -0.25) is 19.2 Å². The number of amides is 4. The average molecular weight is 1060 g/mol. The van der Waals surface area contributed by atoms with Crippen LogP contribution >= 0.6 is 23.6 Å². The number of thiocarbonyl (C=S) groups is 1. The van der Waals surface area contributed by atoms with Crippen LogP contribution in [0.25, 0.3) is 32.5 Å². The molecule has 3 aromatic carbocycles. The van der Waals surface area contributed by atoms with Gasteiger partial charge in [0.15, 0.2) is 0 Å². The van der Waals surface area contributed by atoms with E-state index in [1.165, 1.54) is 0 Å². The van der Waals surface area contributed by atoms with Gasteiger partial charge in [0.05, 0.1) is 80.9 Å². The Labute approximate surface area is 441 Å². The minimum absolute atomic E-state index is 0.0531. The van der Waals surface area contributed by atoms with Crippen molar-refractivity contribution < 1.29 is 46.9 Å². The van der Waals surface area contributed by atoms with Crippen LogP contribution in [0.4, 0.5) is 14.5 Å². The molecule has 1 aliphatic carbocycles. The molecule has 1 aliphatic heterocycles. The number of aromatic nitrogens is 2. The number of halogens is 2. The summed E-state index contributed by atoms with van der Waals surface area (Å²) in [6.07, 6.45) is 3.76. The van der Waals surface area contributed by atoms with Gasteiger partial charge in [-0.1, -0.05) is 81.5 Å².